The summed E-state index contributed by atoms with van der Waals surface area (Å²) in [6, 6.07) is 65.0. The maximum absolute atomic E-state index is 6.73. The van der Waals surface area contributed by atoms with Gasteiger partial charge in [-0.3, -0.25) is 0 Å². The predicted octanol–water partition coefficient (Wildman–Crippen LogP) is 12.3. The fourth-order valence-electron chi connectivity index (χ4n) is 9.66. The molecule has 2 aliphatic carbocycles. The molecule has 1 aliphatic heterocycles. The van der Waals surface area contributed by atoms with Gasteiger partial charge in [-0.05, 0) is 109 Å². The fourth-order valence-corrected chi connectivity index (χ4v) is 9.66. The van der Waals surface area contributed by atoms with Gasteiger partial charge in [0, 0.05) is 11.1 Å². The van der Waals surface area contributed by atoms with Crippen molar-refractivity contribution in [2.75, 3.05) is 0 Å². The van der Waals surface area contributed by atoms with Crippen molar-refractivity contribution in [2.45, 2.75) is 17.8 Å². The Hall–Kier alpha value is -6.18. The van der Waals surface area contributed by atoms with Crippen LogP contribution in [-0.4, -0.2) is 0 Å². The highest BCUT2D eigenvalue weighted by Crippen LogP contribution is 2.64. The molecule has 1 atom stereocenters. The van der Waals surface area contributed by atoms with E-state index in [4.69, 9.17) is 4.74 Å². The van der Waals surface area contributed by atoms with Crippen LogP contribution in [0.3, 0.4) is 0 Å². The Kier molecular flexibility index (Phi) is 5.51. The van der Waals surface area contributed by atoms with Crippen molar-refractivity contribution < 1.29 is 4.74 Å². The minimum atomic E-state index is -0.432. The van der Waals surface area contributed by atoms with Gasteiger partial charge in [-0.25, -0.2) is 0 Å². The smallest absolute Gasteiger partial charge is 0.132 e. The maximum atomic E-state index is 6.73. The molecule has 0 aromatic heterocycles. The second kappa shape index (κ2) is 9.94. The van der Waals surface area contributed by atoms with Gasteiger partial charge in [0.1, 0.15) is 11.5 Å². The summed E-state index contributed by atoms with van der Waals surface area (Å²) in [7, 11) is 0. The zero-order chi connectivity index (χ0) is 33.0. The molecule has 0 saturated carbocycles. The molecule has 0 amide bonds. The third-order valence-electron chi connectivity index (χ3n) is 11.8. The average molecular weight is 637 g/mol. The Labute approximate surface area is 292 Å². The van der Waals surface area contributed by atoms with Crippen LogP contribution in [0.1, 0.15) is 45.9 Å². The van der Waals surface area contributed by atoms with Crippen molar-refractivity contribution in [3.63, 3.8) is 0 Å². The Morgan fingerprint density at radius 3 is 1.70 bits per heavy atom. The highest BCUT2D eigenvalue weighted by Gasteiger charge is 2.52. The van der Waals surface area contributed by atoms with Gasteiger partial charge in [-0.2, -0.15) is 0 Å². The molecule has 8 aromatic rings. The van der Waals surface area contributed by atoms with Crippen LogP contribution in [0.15, 0.2) is 176 Å². The number of rotatable bonds is 2. The first-order valence-corrected chi connectivity index (χ1v) is 17.5. The molecule has 0 saturated heterocycles. The predicted molar refractivity (Wildman–Crippen MR) is 204 cm³/mol. The van der Waals surface area contributed by atoms with E-state index in [1.54, 1.807) is 0 Å². The van der Waals surface area contributed by atoms with Crippen molar-refractivity contribution in [3.05, 3.63) is 215 Å². The van der Waals surface area contributed by atoms with Crippen molar-refractivity contribution in [3.8, 4) is 44.9 Å². The topological polar surface area (TPSA) is 9.23 Å². The Balaban J connectivity index is 1.23. The van der Waals surface area contributed by atoms with E-state index in [0.717, 1.165) is 11.5 Å². The van der Waals surface area contributed by atoms with E-state index in [2.05, 4.69) is 183 Å². The molecule has 1 unspecified atom stereocenters. The van der Waals surface area contributed by atoms with Crippen molar-refractivity contribution >= 4 is 10.8 Å². The largest absolute Gasteiger partial charge is 0.457 e. The van der Waals surface area contributed by atoms with Gasteiger partial charge in [0.25, 0.3) is 0 Å². The van der Waals surface area contributed by atoms with Crippen LogP contribution in [-0.2, 0) is 10.8 Å². The molecule has 1 heterocycles. The Morgan fingerprint density at radius 2 is 0.940 bits per heavy atom. The lowest BCUT2D eigenvalue weighted by Gasteiger charge is -2.39. The van der Waals surface area contributed by atoms with Crippen LogP contribution in [0.25, 0.3) is 44.2 Å². The first-order chi connectivity index (χ1) is 24.7. The molecule has 0 fully saturated rings. The van der Waals surface area contributed by atoms with E-state index in [1.165, 1.54) is 83.1 Å². The van der Waals surface area contributed by atoms with Crippen molar-refractivity contribution in [1.29, 1.82) is 0 Å². The summed E-state index contributed by atoms with van der Waals surface area (Å²) in [5, 5.41) is 2.54. The molecule has 0 bridgehead atoms. The van der Waals surface area contributed by atoms with Gasteiger partial charge >= 0.3 is 0 Å². The first kappa shape index (κ1) is 27.7. The van der Waals surface area contributed by atoms with E-state index in [9.17, 15) is 0 Å². The zero-order valence-electron chi connectivity index (χ0n) is 27.7. The molecule has 1 heteroatoms. The molecular weight excluding hydrogens is 605 g/mol. The number of hydrogen-bond acceptors (Lipinski definition) is 1. The summed E-state index contributed by atoms with van der Waals surface area (Å²) < 4.78 is 6.73. The quantitative estimate of drug-likeness (QED) is 0.183. The highest BCUT2D eigenvalue weighted by molar-refractivity contribution is 6.00. The number of ether oxygens (including phenoxy) is 1. The van der Waals surface area contributed by atoms with Gasteiger partial charge in [0.2, 0.25) is 0 Å². The summed E-state index contributed by atoms with van der Waals surface area (Å²) >= 11 is 0. The SMILES string of the molecule is CC1(c2ccccc2)c2ccccc2Oc2cccc(-c3ccc4c(c3)C3(c5ccccc5-c5ccccc53)c3cc5ccccc5cc3-4)c21. The minimum Gasteiger partial charge on any atom is -0.457 e. The van der Waals surface area contributed by atoms with Crippen molar-refractivity contribution in [1.82, 2.24) is 0 Å². The second-order valence-electron chi connectivity index (χ2n) is 14.1. The van der Waals surface area contributed by atoms with Crippen molar-refractivity contribution in [2.24, 2.45) is 0 Å². The van der Waals surface area contributed by atoms with E-state index in [1.807, 2.05) is 0 Å². The zero-order valence-corrected chi connectivity index (χ0v) is 27.7. The molecular formula is C49H32O. The second-order valence-corrected chi connectivity index (χ2v) is 14.1. The van der Waals surface area contributed by atoms with Crippen LogP contribution in [0.5, 0.6) is 11.5 Å². The molecule has 0 radical (unpaired) electrons. The molecule has 0 N–H and O–H groups in total. The van der Waals surface area contributed by atoms with Crippen LogP contribution < -0.4 is 4.74 Å². The highest BCUT2D eigenvalue weighted by atomic mass is 16.5. The lowest BCUT2D eigenvalue weighted by Crippen LogP contribution is -2.30. The van der Waals surface area contributed by atoms with E-state index in [-0.39, 0.29) is 0 Å². The van der Waals surface area contributed by atoms with Crippen LogP contribution in [0, 0.1) is 0 Å². The van der Waals surface area contributed by atoms with Crippen LogP contribution >= 0.6 is 0 Å². The summed E-state index contributed by atoms with van der Waals surface area (Å²) in [4.78, 5) is 0. The molecule has 1 nitrogen and oxygen atoms in total. The van der Waals surface area contributed by atoms with E-state index < -0.39 is 10.8 Å². The lowest BCUT2D eigenvalue weighted by molar-refractivity contribution is 0.428. The Morgan fingerprint density at radius 1 is 0.380 bits per heavy atom. The van der Waals surface area contributed by atoms with Gasteiger partial charge in [-0.15, -0.1) is 0 Å². The Bertz CT molecular complexity index is 2660. The molecule has 1 spiro atoms. The third kappa shape index (κ3) is 3.42. The third-order valence-corrected chi connectivity index (χ3v) is 11.8. The molecule has 11 rings (SSSR count). The summed E-state index contributed by atoms with van der Waals surface area (Å²) in [5.41, 5.74) is 15.8. The average Bonchev–Trinajstić information content (AvgIpc) is 3.63. The first-order valence-electron chi connectivity index (χ1n) is 17.5. The number of fused-ring (bicyclic) bond motifs is 13. The molecule has 50 heavy (non-hydrogen) atoms. The van der Waals surface area contributed by atoms with Gasteiger partial charge in [0.05, 0.1) is 10.8 Å². The van der Waals surface area contributed by atoms with Gasteiger partial charge in [-0.1, -0.05) is 146 Å². The van der Waals surface area contributed by atoms with Crippen LogP contribution in [0.2, 0.25) is 0 Å². The number of hydrogen-bond donors (Lipinski definition) is 0. The molecule has 234 valence electrons. The standard InChI is InChI=1S/C49H32O/c1-48(34-16-3-2-4-17-34)42-23-11-12-24-45(42)50-46-25-13-20-35(47(46)48)33-26-27-38-39-28-31-14-5-6-15-32(31)29-44(39)49(43(38)30-33)40-21-9-7-18-36(40)37-19-8-10-22-41(37)49/h2-30H,1H3. The summed E-state index contributed by atoms with van der Waals surface area (Å²) in [5.74, 6) is 1.83. The normalized spacial score (nSPS) is 16.9. The monoisotopic (exact) mass is 636 g/mol. The van der Waals surface area contributed by atoms with Crippen LogP contribution in [0.4, 0.5) is 0 Å². The summed E-state index contributed by atoms with van der Waals surface area (Å²) in [6.07, 6.45) is 0. The summed E-state index contributed by atoms with van der Waals surface area (Å²) in [6.45, 7) is 2.37. The van der Waals surface area contributed by atoms with Gasteiger partial charge in [0.15, 0.2) is 0 Å². The van der Waals surface area contributed by atoms with Gasteiger partial charge < -0.3 is 4.74 Å². The maximum Gasteiger partial charge on any atom is 0.132 e. The van der Waals surface area contributed by atoms with E-state index >= 15 is 0 Å². The molecule has 3 aliphatic rings. The fraction of sp³-hybridized carbons (Fsp3) is 0.0612. The minimum absolute atomic E-state index is 0.425. The molecule has 8 aromatic carbocycles. The number of benzene rings is 8. The van der Waals surface area contributed by atoms with E-state index in [0.29, 0.717) is 0 Å². The lowest BCUT2D eigenvalue weighted by atomic mass is 9.66. The number of para-hydroxylation sites is 1.